The minimum atomic E-state index is 0.824. The van der Waals surface area contributed by atoms with E-state index in [0.29, 0.717) is 0 Å². The highest BCUT2D eigenvalue weighted by Crippen LogP contribution is 2.12. The molecule has 106 valence electrons. The summed E-state index contributed by atoms with van der Waals surface area (Å²) in [5.74, 6) is 0. The van der Waals surface area contributed by atoms with Gasteiger partial charge >= 0.3 is 0 Å². The summed E-state index contributed by atoms with van der Waals surface area (Å²) in [6.45, 7) is 7.90. The normalized spacial score (nSPS) is 17.6. The van der Waals surface area contributed by atoms with Crippen LogP contribution in [0.15, 0.2) is 24.3 Å². The van der Waals surface area contributed by atoms with Gasteiger partial charge in [-0.05, 0) is 44.3 Å². The molecule has 0 radical (unpaired) electrons. The Labute approximate surface area is 121 Å². The maximum absolute atomic E-state index is 6.01. The zero-order chi connectivity index (χ0) is 13.5. The largest absolute Gasteiger partial charge is 0.315 e. The van der Waals surface area contributed by atoms with Crippen molar-refractivity contribution >= 4 is 11.6 Å². The lowest BCUT2D eigenvalue weighted by Gasteiger charge is -2.23. The monoisotopic (exact) mass is 281 g/mol. The molecule has 1 aliphatic rings. The quantitative estimate of drug-likeness (QED) is 0.891. The van der Waals surface area contributed by atoms with Crippen molar-refractivity contribution in [3.05, 3.63) is 34.9 Å². The molecular weight excluding hydrogens is 258 g/mol. The average molecular weight is 282 g/mol. The molecule has 0 amide bonds. The first-order valence-electron chi connectivity index (χ1n) is 7.10. The highest BCUT2D eigenvalue weighted by Gasteiger charge is 2.09. The molecule has 1 aromatic carbocycles. The third kappa shape index (κ3) is 5.49. The van der Waals surface area contributed by atoms with Gasteiger partial charge in [-0.15, -0.1) is 0 Å². The fraction of sp³-hybridized carbons (Fsp3) is 0.600. The van der Waals surface area contributed by atoms with E-state index in [9.17, 15) is 0 Å². The molecule has 0 atom stereocenters. The minimum Gasteiger partial charge on any atom is -0.315 e. The van der Waals surface area contributed by atoms with Crippen LogP contribution < -0.4 is 5.32 Å². The van der Waals surface area contributed by atoms with Gasteiger partial charge in [0, 0.05) is 37.7 Å². The van der Waals surface area contributed by atoms with Gasteiger partial charge < -0.3 is 15.1 Å². The van der Waals surface area contributed by atoms with E-state index in [1.165, 1.54) is 25.1 Å². The lowest BCUT2D eigenvalue weighted by atomic mass is 10.2. The molecule has 0 aliphatic carbocycles. The van der Waals surface area contributed by atoms with E-state index in [4.69, 9.17) is 11.6 Å². The molecule has 0 unspecified atom stereocenters. The van der Waals surface area contributed by atoms with E-state index in [1.807, 2.05) is 18.2 Å². The van der Waals surface area contributed by atoms with Crippen LogP contribution in [0, 0.1) is 0 Å². The van der Waals surface area contributed by atoms with Gasteiger partial charge in [-0.2, -0.15) is 0 Å². The summed E-state index contributed by atoms with van der Waals surface area (Å²) in [5.41, 5.74) is 1.28. The third-order valence-corrected chi connectivity index (χ3v) is 3.81. The zero-order valence-corrected chi connectivity index (χ0v) is 12.5. The van der Waals surface area contributed by atoms with Gasteiger partial charge in [-0.25, -0.2) is 0 Å². The van der Waals surface area contributed by atoms with Crippen molar-refractivity contribution in [2.24, 2.45) is 0 Å². The fourth-order valence-corrected chi connectivity index (χ4v) is 2.68. The number of nitrogens with zero attached hydrogens (tertiary/aromatic N) is 2. The van der Waals surface area contributed by atoms with Gasteiger partial charge in [0.05, 0.1) is 0 Å². The second kappa shape index (κ2) is 7.85. The molecule has 0 bridgehead atoms. The van der Waals surface area contributed by atoms with Crippen LogP contribution in [0.1, 0.15) is 12.0 Å². The highest BCUT2D eigenvalue weighted by molar-refractivity contribution is 6.30. The van der Waals surface area contributed by atoms with Crippen molar-refractivity contribution in [1.82, 2.24) is 15.1 Å². The van der Waals surface area contributed by atoms with Gasteiger partial charge in [0.2, 0.25) is 0 Å². The first-order valence-corrected chi connectivity index (χ1v) is 7.48. The number of hydrogen-bond acceptors (Lipinski definition) is 3. The van der Waals surface area contributed by atoms with Gasteiger partial charge in [0.15, 0.2) is 0 Å². The zero-order valence-electron chi connectivity index (χ0n) is 11.7. The summed E-state index contributed by atoms with van der Waals surface area (Å²) in [6, 6.07) is 8.13. The molecular formula is C15H24ClN3. The summed E-state index contributed by atoms with van der Waals surface area (Å²) in [4.78, 5) is 4.92. The van der Waals surface area contributed by atoms with Crippen LogP contribution in [0.5, 0.6) is 0 Å². The van der Waals surface area contributed by atoms with Gasteiger partial charge in [0.1, 0.15) is 0 Å². The molecule has 1 fully saturated rings. The Morgan fingerprint density at radius 2 is 2.21 bits per heavy atom. The molecule has 1 N–H and O–H groups in total. The highest BCUT2D eigenvalue weighted by atomic mass is 35.5. The third-order valence-electron chi connectivity index (χ3n) is 3.57. The standard InChI is InChI=1S/C15H24ClN3/c1-18(13-14-4-2-5-15(16)12-14)10-11-19-8-3-6-17-7-9-19/h2,4-5,12,17H,3,6-11,13H2,1H3. The minimum absolute atomic E-state index is 0.824. The molecule has 1 aromatic rings. The Hall–Kier alpha value is -0.610. The van der Waals surface area contributed by atoms with Crippen molar-refractivity contribution < 1.29 is 0 Å². The molecule has 0 saturated carbocycles. The predicted molar refractivity (Wildman–Crippen MR) is 81.7 cm³/mol. The Balaban J connectivity index is 1.73. The number of likely N-dealkylation sites (N-methyl/N-ethyl adjacent to an activating group) is 1. The number of halogens is 1. The van der Waals surface area contributed by atoms with Crippen LogP contribution in [0.3, 0.4) is 0 Å². The first-order chi connectivity index (χ1) is 9.24. The van der Waals surface area contributed by atoms with Gasteiger partial charge in [0.25, 0.3) is 0 Å². The molecule has 3 nitrogen and oxygen atoms in total. The second-order valence-corrected chi connectivity index (χ2v) is 5.75. The smallest absolute Gasteiger partial charge is 0.0409 e. The lowest BCUT2D eigenvalue weighted by molar-refractivity contribution is 0.231. The summed E-state index contributed by atoms with van der Waals surface area (Å²) in [5, 5.41) is 4.26. The van der Waals surface area contributed by atoms with E-state index in [-0.39, 0.29) is 0 Å². The SMILES string of the molecule is CN(CCN1CCCNCC1)Cc1cccc(Cl)c1. The number of nitrogens with one attached hydrogen (secondary N) is 1. The van der Waals surface area contributed by atoms with E-state index >= 15 is 0 Å². The van der Waals surface area contributed by atoms with Gasteiger partial charge in [-0.3, -0.25) is 0 Å². The van der Waals surface area contributed by atoms with Crippen LogP contribution in [0.25, 0.3) is 0 Å². The summed E-state index contributed by atoms with van der Waals surface area (Å²) < 4.78 is 0. The Morgan fingerprint density at radius 1 is 1.32 bits per heavy atom. The van der Waals surface area contributed by atoms with E-state index in [0.717, 1.165) is 37.7 Å². The number of hydrogen-bond donors (Lipinski definition) is 1. The van der Waals surface area contributed by atoms with Crippen LogP contribution in [-0.2, 0) is 6.54 Å². The van der Waals surface area contributed by atoms with Gasteiger partial charge in [-0.1, -0.05) is 23.7 Å². The van der Waals surface area contributed by atoms with Crippen molar-refractivity contribution in [1.29, 1.82) is 0 Å². The first kappa shape index (κ1) is 14.8. The molecule has 0 spiro atoms. The Kier molecular flexibility index (Phi) is 6.11. The van der Waals surface area contributed by atoms with Crippen LogP contribution in [0.4, 0.5) is 0 Å². The summed E-state index contributed by atoms with van der Waals surface area (Å²) in [6.07, 6.45) is 1.26. The molecule has 0 aromatic heterocycles. The van der Waals surface area contributed by atoms with E-state index in [1.54, 1.807) is 0 Å². The Morgan fingerprint density at radius 3 is 3.05 bits per heavy atom. The molecule has 1 saturated heterocycles. The second-order valence-electron chi connectivity index (χ2n) is 5.31. The Bertz CT molecular complexity index is 375. The van der Waals surface area contributed by atoms with Crippen LogP contribution in [-0.4, -0.2) is 56.1 Å². The van der Waals surface area contributed by atoms with E-state index < -0.39 is 0 Å². The average Bonchev–Trinajstić information content (AvgIpc) is 2.65. The van der Waals surface area contributed by atoms with Crippen molar-refractivity contribution in [2.45, 2.75) is 13.0 Å². The predicted octanol–water partition coefficient (Wildman–Crippen LogP) is 2.07. The number of rotatable bonds is 5. The summed E-state index contributed by atoms with van der Waals surface area (Å²) >= 11 is 6.01. The summed E-state index contributed by atoms with van der Waals surface area (Å²) in [7, 11) is 2.18. The van der Waals surface area contributed by atoms with E-state index in [2.05, 4.69) is 28.2 Å². The van der Waals surface area contributed by atoms with Crippen molar-refractivity contribution in [3.63, 3.8) is 0 Å². The lowest BCUT2D eigenvalue weighted by Crippen LogP contribution is -2.35. The maximum Gasteiger partial charge on any atom is 0.0409 e. The van der Waals surface area contributed by atoms with Crippen LogP contribution in [0.2, 0.25) is 5.02 Å². The fourth-order valence-electron chi connectivity index (χ4n) is 2.46. The molecule has 4 heteroatoms. The molecule has 1 aliphatic heterocycles. The topological polar surface area (TPSA) is 18.5 Å². The number of benzene rings is 1. The van der Waals surface area contributed by atoms with Crippen molar-refractivity contribution in [3.8, 4) is 0 Å². The molecule has 2 rings (SSSR count). The molecule has 19 heavy (non-hydrogen) atoms. The van der Waals surface area contributed by atoms with Crippen LogP contribution >= 0.6 is 11.6 Å². The molecule has 1 heterocycles. The maximum atomic E-state index is 6.01. The van der Waals surface area contributed by atoms with Crippen molar-refractivity contribution in [2.75, 3.05) is 46.3 Å².